The van der Waals surface area contributed by atoms with Crippen molar-refractivity contribution in [2.24, 2.45) is 4.99 Å². The lowest BCUT2D eigenvalue weighted by Gasteiger charge is -2.11. The van der Waals surface area contributed by atoms with E-state index >= 15 is 0 Å². The van der Waals surface area contributed by atoms with Crippen LogP contribution in [0.3, 0.4) is 0 Å². The molecule has 0 aliphatic carbocycles. The van der Waals surface area contributed by atoms with Crippen molar-refractivity contribution in [1.82, 2.24) is 25.2 Å². The van der Waals surface area contributed by atoms with Crippen molar-refractivity contribution in [3.8, 4) is 0 Å². The molecule has 0 aromatic carbocycles. The monoisotopic (exact) mass is 276 g/mol. The van der Waals surface area contributed by atoms with Crippen LogP contribution in [0.1, 0.15) is 12.7 Å². The molecule has 2 N–H and O–H groups in total. The molecule has 0 spiro atoms. The normalized spacial score (nSPS) is 11.8. The first-order valence-corrected chi connectivity index (χ1v) is 6.66. The number of rotatable bonds is 6. The van der Waals surface area contributed by atoms with Crippen LogP contribution in [-0.2, 0) is 11.3 Å². The van der Waals surface area contributed by atoms with E-state index in [-0.39, 0.29) is 0 Å². The van der Waals surface area contributed by atoms with Gasteiger partial charge in [-0.05, 0) is 19.1 Å². The quantitative estimate of drug-likeness (QED) is 0.454. The van der Waals surface area contributed by atoms with E-state index in [0.29, 0.717) is 19.7 Å². The van der Waals surface area contributed by atoms with E-state index in [0.717, 1.165) is 24.0 Å². The van der Waals surface area contributed by atoms with Gasteiger partial charge in [0.05, 0.1) is 13.2 Å². The number of nitrogens with zero attached hydrogens (tertiary/aromatic N) is 4. The Bertz CT molecular complexity index is 565. The first-order valence-electron chi connectivity index (χ1n) is 6.66. The summed E-state index contributed by atoms with van der Waals surface area (Å²) in [5, 5.41) is 14.6. The molecule has 7 heteroatoms. The van der Waals surface area contributed by atoms with Crippen molar-refractivity contribution in [1.29, 1.82) is 0 Å². The molecule has 0 aliphatic heterocycles. The maximum Gasteiger partial charge on any atom is 0.191 e. The lowest BCUT2D eigenvalue weighted by Crippen LogP contribution is -2.38. The molecular weight excluding hydrogens is 256 g/mol. The van der Waals surface area contributed by atoms with Gasteiger partial charge in [-0.2, -0.15) is 0 Å². The fourth-order valence-corrected chi connectivity index (χ4v) is 1.78. The molecule has 2 rings (SSSR count). The second-order valence-electron chi connectivity index (χ2n) is 4.09. The molecule has 0 radical (unpaired) electrons. The summed E-state index contributed by atoms with van der Waals surface area (Å²) in [6, 6.07) is 5.82. The number of aromatic nitrogens is 3. The van der Waals surface area contributed by atoms with E-state index in [9.17, 15) is 0 Å². The molecule has 0 saturated carbocycles. The van der Waals surface area contributed by atoms with Gasteiger partial charge in [0, 0.05) is 26.4 Å². The van der Waals surface area contributed by atoms with Crippen LogP contribution in [0.15, 0.2) is 29.4 Å². The fourth-order valence-electron chi connectivity index (χ4n) is 1.78. The third kappa shape index (κ3) is 3.67. The van der Waals surface area contributed by atoms with Gasteiger partial charge in [0.15, 0.2) is 17.4 Å². The molecule has 0 bridgehead atoms. The van der Waals surface area contributed by atoms with Gasteiger partial charge in [0.25, 0.3) is 0 Å². The van der Waals surface area contributed by atoms with E-state index < -0.39 is 0 Å². The number of ether oxygens (including phenoxy) is 1. The second-order valence-corrected chi connectivity index (χ2v) is 4.09. The summed E-state index contributed by atoms with van der Waals surface area (Å²) >= 11 is 0. The highest BCUT2D eigenvalue weighted by Crippen LogP contribution is 2.01. The maximum absolute atomic E-state index is 5.26. The highest BCUT2D eigenvalue weighted by atomic mass is 16.5. The summed E-state index contributed by atoms with van der Waals surface area (Å²) in [4.78, 5) is 4.15. The van der Waals surface area contributed by atoms with Crippen molar-refractivity contribution in [3.05, 3.63) is 30.2 Å². The molecule has 108 valence electrons. The van der Waals surface area contributed by atoms with Crippen LogP contribution in [0.5, 0.6) is 0 Å². The van der Waals surface area contributed by atoms with Crippen LogP contribution in [0.4, 0.5) is 0 Å². The van der Waals surface area contributed by atoms with Crippen molar-refractivity contribution in [2.45, 2.75) is 13.5 Å². The molecule has 20 heavy (non-hydrogen) atoms. The zero-order valence-electron chi connectivity index (χ0n) is 11.8. The largest absolute Gasteiger partial charge is 0.380 e. The molecule has 2 aromatic rings. The van der Waals surface area contributed by atoms with Crippen LogP contribution in [0.25, 0.3) is 5.65 Å². The second kappa shape index (κ2) is 7.44. The summed E-state index contributed by atoms with van der Waals surface area (Å²) in [7, 11) is 1.73. The van der Waals surface area contributed by atoms with Crippen LogP contribution < -0.4 is 10.6 Å². The number of pyridine rings is 1. The molecule has 0 fully saturated rings. The lowest BCUT2D eigenvalue weighted by atomic mass is 10.4. The summed E-state index contributed by atoms with van der Waals surface area (Å²) in [6.45, 7) is 4.63. The first kappa shape index (κ1) is 14.3. The van der Waals surface area contributed by atoms with Gasteiger partial charge in [-0.3, -0.25) is 9.39 Å². The maximum atomic E-state index is 5.26. The number of hydrogen-bond donors (Lipinski definition) is 2. The van der Waals surface area contributed by atoms with Crippen LogP contribution in [0.2, 0.25) is 0 Å². The van der Waals surface area contributed by atoms with Gasteiger partial charge >= 0.3 is 0 Å². The smallest absolute Gasteiger partial charge is 0.191 e. The SMILES string of the molecule is CCOCCNC(=NC)NCc1nnc2ccccn12. The summed E-state index contributed by atoms with van der Waals surface area (Å²) < 4.78 is 7.21. The third-order valence-corrected chi connectivity index (χ3v) is 2.76. The molecule has 0 aliphatic rings. The molecular formula is C13H20N6O. The van der Waals surface area contributed by atoms with Gasteiger partial charge < -0.3 is 15.4 Å². The zero-order valence-corrected chi connectivity index (χ0v) is 11.8. The minimum absolute atomic E-state index is 0.555. The minimum atomic E-state index is 0.555. The third-order valence-electron chi connectivity index (χ3n) is 2.76. The van der Waals surface area contributed by atoms with Crippen molar-refractivity contribution in [3.63, 3.8) is 0 Å². The molecule has 0 saturated heterocycles. The number of guanidine groups is 1. The first-order chi connectivity index (χ1) is 9.85. The van der Waals surface area contributed by atoms with Crippen LogP contribution in [-0.4, -0.2) is 47.4 Å². The lowest BCUT2D eigenvalue weighted by molar-refractivity contribution is 0.152. The van der Waals surface area contributed by atoms with Crippen LogP contribution in [0, 0.1) is 0 Å². The Hall–Kier alpha value is -2.15. The van der Waals surface area contributed by atoms with Gasteiger partial charge in [0.1, 0.15) is 0 Å². The summed E-state index contributed by atoms with van der Waals surface area (Å²) in [5.41, 5.74) is 0.837. The van der Waals surface area contributed by atoms with E-state index in [1.807, 2.05) is 35.7 Å². The Morgan fingerprint density at radius 1 is 1.35 bits per heavy atom. The van der Waals surface area contributed by atoms with Crippen molar-refractivity contribution in [2.75, 3.05) is 26.8 Å². The Balaban J connectivity index is 1.87. The highest BCUT2D eigenvalue weighted by molar-refractivity contribution is 5.79. The van der Waals surface area contributed by atoms with Gasteiger partial charge in [-0.15, -0.1) is 10.2 Å². The van der Waals surface area contributed by atoms with Crippen LogP contribution >= 0.6 is 0 Å². The Morgan fingerprint density at radius 3 is 3.05 bits per heavy atom. The molecule has 7 nitrogen and oxygen atoms in total. The predicted molar refractivity (Wildman–Crippen MR) is 77.7 cm³/mol. The van der Waals surface area contributed by atoms with E-state index in [1.54, 1.807) is 7.05 Å². The standard InChI is InChI=1S/C13H20N6O/c1-3-20-9-7-15-13(14-2)16-10-12-18-17-11-6-4-5-8-19(11)12/h4-6,8H,3,7,9-10H2,1-2H3,(H2,14,15,16). The summed E-state index contributed by atoms with van der Waals surface area (Å²) in [6.07, 6.45) is 1.94. The number of fused-ring (bicyclic) bond motifs is 1. The highest BCUT2D eigenvalue weighted by Gasteiger charge is 2.05. The number of nitrogens with one attached hydrogen (secondary N) is 2. The average molecular weight is 276 g/mol. The predicted octanol–water partition coefficient (Wildman–Crippen LogP) is 0.431. The zero-order chi connectivity index (χ0) is 14.2. The number of hydrogen-bond acceptors (Lipinski definition) is 4. The Labute approximate surface area is 118 Å². The van der Waals surface area contributed by atoms with E-state index in [4.69, 9.17) is 4.74 Å². The molecule has 2 heterocycles. The Morgan fingerprint density at radius 2 is 2.25 bits per heavy atom. The van der Waals surface area contributed by atoms with Gasteiger partial charge in [-0.1, -0.05) is 6.07 Å². The van der Waals surface area contributed by atoms with Crippen molar-refractivity contribution >= 4 is 11.6 Å². The molecule has 0 unspecified atom stereocenters. The van der Waals surface area contributed by atoms with Crippen molar-refractivity contribution < 1.29 is 4.74 Å². The minimum Gasteiger partial charge on any atom is -0.380 e. The fraction of sp³-hybridized carbons (Fsp3) is 0.462. The van der Waals surface area contributed by atoms with E-state index in [1.165, 1.54) is 0 Å². The molecule has 2 aromatic heterocycles. The molecule has 0 amide bonds. The average Bonchev–Trinajstić information content (AvgIpc) is 2.90. The number of aliphatic imine (C=N–C) groups is 1. The summed E-state index contributed by atoms with van der Waals surface area (Å²) in [5.74, 6) is 1.56. The Kier molecular flexibility index (Phi) is 5.31. The van der Waals surface area contributed by atoms with Gasteiger partial charge in [-0.25, -0.2) is 0 Å². The van der Waals surface area contributed by atoms with E-state index in [2.05, 4.69) is 25.8 Å². The topological polar surface area (TPSA) is 75.8 Å². The van der Waals surface area contributed by atoms with Gasteiger partial charge in [0.2, 0.25) is 0 Å². The molecule has 0 atom stereocenters.